The van der Waals surface area contributed by atoms with Crippen LogP contribution in [0, 0.1) is 5.41 Å². The first-order valence-electron chi connectivity index (χ1n) is 7.03. The van der Waals surface area contributed by atoms with Gasteiger partial charge in [0.2, 0.25) is 0 Å². The first-order valence-corrected chi connectivity index (χ1v) is 7.03. The summed E-state index contributed by atoms with van der Waals surface area (Å²) in [6.45, 7) is 2.33. The summed E-state index contributed by atoms with van der Waals surface area (Å²) >= 11 is 0. The molecule has 0 bridgehead atoms. The van der Waals surface area contributed by atoms with Crippen LogP contribution in [0.1, 0.15) is 45.4 Å². The van der Waals surface area contributed by atoms with Crippen LogP contribution in [0.3, 0.4) is 0 Å². The Morgan fingerprint density at radius 1 is 1.50 bits per heavy atom. The summed E-state index contributed by atoms with van der Waals surface area (Å²) in [5.41, 5.74) is 7.19. The first kappa shape index (κ1) is 16.2. The smallest absolute Gasteiger partial charge is 0.319 e. The molecule has 6 heteroatoms. The molecule has 110 valence electrons. The molecule has 0 spiro atoms. The van der Waals surface area contributed by atoms with E-state index >= 15 is 0 Å². The van der Waals surface area contributed by atoms with Gasteiger partial charge in [0.15, 0.2) is 0 Å². The third-order valence-electron chi connectivity index (χ3n) is 3.61. The van der Waals surface area contributed by atoms with E-state index in [0.717, 1.165) is 12.8 Å². The van der Waals surface area contributed by atoms with Crippen molar-refractivity contribution < 1.29 is 14.3 Å². The van der Waals surface area contributed by atoms with Gasteiger partial charge in [0.25, 0.3) is 0 Å². The maximum Gasteiger partial charge on any atom is 0.319 e. The van der Waals surface area contributed by atoms with Crippen LogP contribution in [-0.2, 0) is 14.3 Å². The van der Waals surface area contributed by atoms with Crippen molar-refractivity contribution in [1.29, 1.82) is 0 Å². The summed E-state index contributed by atoms with van der Waals surface area (Å²) in [7, 11) is 0. The van der Waals surface area contributed by atoms with Gasteiger partial charge in [0, 0.05) is 17.9 Å². The molecule has 1 fully saturated rings. The summed E-state index contributed by atoms with van der Waals surface area (Å²) in [5, 5.41) is 3.39. The molecular formula is C14H21N3O3. The molecule has 0 aromatic rings. The van der Waals surface area contributed by atoms with Gasteiger partial charge in [-0.15, -0.1) is 0 Å². The maximum atomic E-state index is 12.2. The van der Waals surface area contributed by atoms with Gasteiger partial charge < -0.3 is 4.74 Å². The molecule has 0 aliphatic heterocycles. The summed E-state index contributed by atoms with van der Waals surface area (Å²) in [4.78, 5) is 27.0. The lowest BCUT2D eigenvalue weighted by atomic mass is 9.70. The van der Waals surface area contributed by atoms with E-state index in [2.05, 4.69) is 10.0 Å². The molecule has 1 unspecified atom stereocenters. The van der Waals surface area contributed by atoms with E-state index in [0.29, 0.717) is 32.3 Å². The highest BCUT2D eigenvalue weighted by molar-refractivity contribution is 6.04. The third-order valence-corrected chi connectivity index (χ3v) is 3.61. The average Bonchev–Trinajstić information content (AvgIpc) is 2.45. The maximum absolute atomic E-state index is 12.2. The fraction of sp³-hybridized carbons (Fsp3) is 0.714. The minimum absolute atomic E-state index is 0.00523. The quantitative estimate of drug-likeness (QED) is 0.179. The number of hydrogen-bond donors (Lipinski definition) is 0. The monoisotopic (exact) mass is 279 g/mol. The molecule has 0 heterocycles. The standard InChI is InChI=1S/C14H21N3O3/c1-2-20-13(19)14(10-6-4-8-12(14)18)9-5-3-7-11-16-17-15/h3,7H,2,4-6,8-11H2,1H3/b7-3-. The van der Waals surface area contributed by atoms with E-state index in [-0.39, 0.29) is 18.3 Å². The number of ether oxygens (including phenoxy) is 1. The number of azide groups is 1. The number of esters is 1. The van der Waals surface area contributed by atoms with Gasteiger partial charge >= 0.3 is 5.97 Å². The van der Waals surface area contributed by atoms with Crippen LogP contribution in [-0.4, -0.2) is 24.9 Å². The Morgan fingerprint density at radius 3 is 2.95 bits per heavy atom. The summed E-state index contributed by atoms with van der Waals surface area (Å²) in [6.07, 6.45) is 7.43. The zero-order valence-corrected chi connectivity index (χ0v) is 11.9. The number of rotatable bonds is 7. The Morgan fingerprint density at radius 2 is 2.30 bits per heavy atom. The Kier molecular flexibility index (Phi) is 6.81. The molecule has 1 saturated carbocycles. The Bertz CT molecular complexity index is 427. The van der Waals surface area contributed by atoms with Crippen molar-refractivity contribution in [3.63, 3.8) is 0 Å². The fourth-order valence-electron chi connectivity index (χ4n) is 2.55. The number of carbonyl (C=O) groups is 2. The van der Waals surface area contributed by atoms with Crippen molar-refractivity contribution in [2.75, 3.05) is 13.2 Å². The lowest BCUT2D eigenvalue weighted by Gasteiger charge is -2.33. The second kappa shape index (κ2) is 8.38. The molecule has 0 radical (unpaired) electrons. The van der Waals surface area contributed by atoms with Crippen LogP contribution in [0.25, 0.3) is 10.4 Å². The number of carbonyl (C=O) groups excluding carboxylic acids is 2. The molecule has 1 aliphatic rings. The van der Waals surface area contributed by atoms with E-state index in [1.165, 1.54) is 0 Å². The first-order chi connectivity index (χ1) is 9.67. The Balaban J connectivity index is 2.68. The van der Waals surface area contributed by atoms with Crippen LogP contribution in [0.2, 0.25) is 0 Å². The van der Waals surface area contributed by atoms with E-state index in [1.54, 1.807) is 13.0 Å². The second-order valence-electron chi connectivity index (χ2n) is 4.86. The average molecular weight is 279 g/mol. The molecule has 0 aromatic heterocycles. The van der Waals surface area contributed by atoms with Gasteiger partial charge in [0.1, 0.15) is 11.2 Å². The lowest BCUT2D eigenvalue weighted by molar-refractivity contribution is -0.162. The molecule has 6 nitrogen and oxygen atoms in total. The molecule has 1 rings (SSSR count). The highest BCUT2D eigenvalue weighted by Crippen LogP contribution is 2.38. The molecule has 0 aromatic carbocycles. The van der Waals surface area contributed by atoms with Gasteiger partial charge in [-0.2, -0.15) is 0 Å². The van der Waals surface area contributed by atoms with Crippen molar-refractivity contribution >= 4 is 11.8 Å². The van der Waals surface area contributed by atoms with Crippen molar-refractivity contribution in [3.8, 4) is 0 Å². The van der Waals surface area contributed by atoms with Gasteiger partial charge in [-0.1, -0.05) is 23.7 Å². The van der Waals surface area contributed by atoms with Crippen molar-refractivity contribution in [2.24, 2.45) is 10.5 Å². The number of nitrogens with zero attached hydrogens (tertiary/aromatic N) is 3. The van der Waals surface area contributed by atoms with Crippen LogP contribution < -0.4 is 0 Å². The normalized spacial score (nSPS) is 22.6. The number of ketones is 1. The van der Waals surface area contributed by atoms with Gasteiger partial charge in [0.05, 0.1) is 6.61 Å². The lowest BCUT2D eigenvalue weighted by Crippen LogP contribution is -2.42. The molecule has 0 saturated heterocycles. The summed E-state index contributed by atoms with van der Waals surface area (Å²) < 4.78 is 5.10. The Hall–Kier alpha value is -1.81. The summed E-state index contributed by atoms with van der Waals surface area (Å²) in [5.74, 6) is -0.376. The van der Waals surface area contributed by atoms with Crippen molar-refractivity contribution in [3.05, 3.63) is 22.6 Å². The molecule has 0 N–H and O–H groups in total. The minimum atomic E-state index is -0.961. The zero-order valence-electron chi connectivity index (χ0n) is 11.9. The zero-order chi connectivity index (χ0) is 14.8. The van der Waals surface area contributed by atoms with E-state index < -0.39 is 5.41 Å². The van der Waals surface area contributed by atoms with E-state index in [9.17, 15) is 9.59 Å². The largest absolute Gasteiger partial charge is 0.465 e. The van der Waals surface area contributed by atoms with E-state index in [1.807, 2.05) is 6.08 Å². The van der Waals surface area contributed by atoms with Gasteiger partial charge in [-0.25, -0.2) is 0 Å². The van der Waals surface area contributed by atoms with Crippen molar-refractivity contribution in [2.45, 2.75) is 45.4 Å². The van der Waals surface area contributed by atoms with Gasteiger partial charge in [-0.3, -0.25) is 9.59 Å². The van der Waals surface area contributed by atoms with Crippen LogP contribution in [0.15, 0.2) is 17.3 Å². The minimum Gasteiger partial charge on any atom is -0.465 e. The predicted molar refractivity (Wildman–Crippen MR) is 74.9 cm³/mol. The number of hydrogen-bond acceptors (Lipinski definition) is 4. The highest BCUT2D eigenvalue weighted by Gasteiger charge is 2.46. The van der Waals surface area contributed by atoms with E-state index in [4.69, 9.17) is 10.3 Å². The highest BCUT2D eigenvalue weighted by atomic mass is 16.5. The second-order valence-corrected chi connectivity index (χ2v) is 4.86. The van der Waals surface area contributed by atoms with Crippen molar-refractivity contribution in [1.82, 2.24) is 0 Å². The van der Waals surface area contributed by atoms with Crippen LogP contribution >= 0.6 is 0 Å². The number of Topliss-reactive ketones (excluding diaryl/α,β-unsaturated/α-hetero) is 1. The predicted octanol–water partition coefficient (Wildman–Crippen LogP) is 3.33. The van der Waals surface area contributed by atoms with Crippen LogP contribution in [0.4, 0.5) is 0 Å². The fourth-order valence-corrected chi connectivity index (χ4v) is 2.55. The van der Waals surface area contributed by atoms with Crippen LogP contribution in [0.5, 0.6) is 0 Å². The molecule has 1 atom stereocenters. The molecule has 1 aliphatic carbocycles. The third kappa shape index (κ3) is 4.10. The SMILES string of the molecule is CCOC(=O)C1(CC/C=C\CN=[N+]=[N-])CCCCC1=O. The molecule has 0 amide bonds. The topological polar surface area (TPSA) is 92.1 Å². The number of allylic oxidation sites excluding steroid dienone is 1. The molecular weight excluding hydrogens is 258 g/mol. The summed E-state index contributed by atoms with van der Waals surface area (Å²) in [6, 6.07) is 0. The van der Waals surface area contributed by atoms with Gasteiger partial charge in [-0.05, 0) is 38.1 Å². The molecule has 20 heavy (non-hydrogen) atoms. The Labute approximate surface area is 118 Å².